The van der Waals surface area contributed by atoms with E-state index >= 15 is 0 Å². The van der Waals surface area contributed by atoms with Gasteiger partial charge in [-0.1, -0.05) is 107 Å². The Hall–Kier alpha value is -3.17. The van der Waals surface area contributed by atoms with Crippen molar-refractivity contribution in [3.05, 3.63) is 101 Å². The molecule has 3 aromatic carbocycles. The molecule has 0 bridgehead atoms. The molecule has 196 valence electrons. The third-order valence-electron chi connectivity index (χ3n) is 8.16. The van der Waals surface area contributed by atoms with Crippen LogP contribution in [0.4, 0.5) is 0 Å². The van der Waals surface area contributed by atoms with Gasteiger partial charge in [0.25, 0.3) is 0 Å². The molecule has 0 amide bonds. The lowest BCUT2D eigenvalue weighted by Gasteiger charge is -2.34. The molecule has 0 saturated heterocycles. The lowest BCUT2D eigenvalue weighted by atomic mass is 9.70. The Balaban J connectivity index is 1.96. The Morgan fingerprint density at radius 1 is 0.865 bits per heavy atom. The number of methoxy groups -OCH3 is 1. The molecule has 0 aliphatic carbocycles. The zero-order valence-electron chi connectivity index (χ0n) is 23.3. The Morgan fingerprint density at radius 3 is 2.05 bits per heavy atom. The number of ether oxygens (including phenoxy) is 1. The SMILES string of the molecule is CCC(O)(C=Cc1ccc(C(CC)(CC)c2ccc(-c3ccccc3CC(=O)OC)cc2)cc1C)CC. The largest absolute Gasteiger partial charge is 0.469 e. The van der Waals surface area contributed by atoms with Crippen LogP contribution in [0, 0.1) is 6.92 Å². The van der Waals surface area contributed by atoms with Gasteiger partial charge in [0.1, 0.15) is 0 Å². The molecular formula is C34H42O3. The predicted octanol–water partition coefficient (Wildman–Crippen LogP) is 8.05. The van der Waals surface area contributed by atoms with Gasteiger partial charge in [-0.2, -0.15) is 0 Å². The van der Waals surface area contributed by atoms with Crippen molar-refractivity contribution < 1.29 is 14.6 Å². The van der Waals surface area contributed by atoms with Crippen LogP contribution in [0.1, 0.15) is 81.2 Å². The van der Waals surface area contributed by atoms with Crippen molar-refractivity contribution in [3.8, 4) is 11.1 Å². The second kappa shape index (κ2) is 12.4. The van der Waals surface area contributed by atoms with Crippen molar-refractivity contribution >= 4 is 12.0 Å². The van der Waals surface area contributed by atoms with Crippen molar-refractivity contribution in [3.63, 3.8) is 0 Å². The summed E-state index contributed by atoms with van der Waals surface area (Å²) in [5.41, 5.74) is 7.24. The van der Waals surface area contributed by atoms with Crippen LogP contribution in [0.5, 0.6) is 0 Å². The van der Waals surface area contributed by atoms with E-state index in [0.717, 1.165) is 35.1 Å². The molecule has 3 rings (SSSR count). The van der Waals surface area contributed by atoms with Crippen molar-refractivity contribution in [2.45, 2.75) is 77.7 Å². The van der Waals surface area contributed by atoms with Gasteiger partial charge in [-0.25, -0.2) is 0 Å². The van der Waals surface area contributed by atoms with E-state index in [0.29, 0.717) is 12.8 Å². The molecule has 0 aromatic heterocycles. The van der Waals surface area contributed by atoms with E-state index in [9.17, 15) is 9.90 Å². The van der Waals surface area contributed by atoms with E-state index in [1.54, 1.807) is 0 Å². The van der Waals surface area contributed by atoms with Crippen LogP contribution in [0.25, 0.3) is 17.2 Å². The fraction of sp³-hybridized carbons (Fsp3) is 0.382. The molecule has 3 heteroatoms. The standard InChI is InChI=1S/C34H42O3/c1-7-33(36,8-2)22-21-26-15-20-30(23-25(26)5)34(9-3,10-4)29-18-16-27(17-19-29)31-14-12-11-13-28(31)24-32(35)37-6/h11-23,36H,7-10,24H2,1-6H3. The molecule has 3 nitrogen and oxygen atoms in total. The number of benzene rings is 3. The van der Waals surface area contributed by atoms with Crippen LogP contribution in [0.15, 0.2) is 72.8 Å². The van der Waals surface area contributed by atoms with Gasteiger partial charge >= 0.3 is 5.97 Å². The maximum absolute atomic E-state index is 11.9. The molecule has 37 heavy (non-hydrogen) atoms. The van der Waals surface area contributed by atoms with Crippen molar-refractivity contribution in [2.75, 3.05) is 7.11 Å². The first-order valence-corrected chi connectivity index (χ1v) is 13.5. The Morgan fingerprint density at radius 2 is 1.49 bits per heavy atom. The molecule has 0 fully saturated rings. The van der Waals surface area contributed by atoms with Gasteiger partial charge in [0.2, 0.25) is 0 Å². The molecule has 0 saturated carbocycles. The fourth-order valence-corrected chi connectivity index (χ4v) is 5.28. The molecule has 0 aliphatic rings. The summed E-state index contributed by atoms with van der Waals surface area (Å²) in [6.45, 7) is 10.7. The number of carbonyl (C=O) groups is 1. The smallest absolute Gasteiger partial charge is 0.309 e. The molecule has 0 unspecified atom stereocenters. The first-order chi connectivity index (χ1) is 17.8. The molecule has 0 atom stereocenters. The molecule has 0 aliphatic heterocycles. The average Bonchev–Trinajstić information content (AvgIpc) is 2.94. The first kappa shape index (κ1) is 28.4. The van der Waals surface area contributed by atoms with E-state index in [2.05, 4.69) is 75.4 Å². The molecule has 0 radical (unpaired) electrons. The third kappa shape index (κ3) is 6.22. The second-order valence-corrected chi connectivity index (χ2v) is 9.99. The van der Waals surface area contributed by atoms with Crippen molar-refractivity contribution in [1.29, 1.82) is 0 Å². The maximum Gasteiger partial charge on any atom is 0.309 e. The highest BCUT2D eigenvalue weighted by Crippen LogP contribution is 2.40. The van der Waals surface area contributed by atoms with Crippen molar-refractivity contribution in [2.24, 2.45) is 0 Å². The van der Waals surface area contributed by atoms with Gasteiger partial charge in [0.05, 0.1) is 19.1 Å². The van der Waals surface area contributed by atoms with Crippen LogP contribution in [-0.2, 0) is 21.4 Å². The average molecular weight is 499 g/mol. The van der Waals surface area contributed by atoms with Gasteiger partial charge in [-0.3, -0.25) is 4.79 Å². The maximum atomic E-state index is 11.9. The lowest BCUT2D eigenvalue weighted by Crippen LogP contribution is -2.26. The summed E-state index contributed by atoms with van der Waals surface area (Å²) in [5.74, 6) is -0.234. The second-order valence-electron chi connectivity index (χ2n) is 9.99. The number of aliphatic hydroxyl groups is 1. The van der Waals surface area contributed by atoms with Crippen LogP contribution in [0.2, 0.25) is 0 Å². The summed E-state index contributed by atoms with van der Waals surface area (Å²) in [6, 6.07) is 23.6. The third-order valence-corrected chi connectivity index (χ3v) is 8.16. The summed E-state index contributed by atoms with van der Waals surface area (Å²) < 4.78 is 4.89. The number of esters is 1. The summed E-state index contributed by atoms with van der Waals surface area (Å²) in [6.07, 6.45) is 7.65. The zero-order chi connectivity index (χ0) is 27.1. The highest BCUT2D eigenvalue weighted by Gasteiger charge is 2.31. The molecule has 3 aromatic rings. The summed E-state index contributed by atoms with van der Waals surface area (Å²) >= 11 is 0. The van der Waals surface area contributed by atoms with Gasteiger partial charge in [-0.15, -0.1) is 0 Å². The van der Waals surface area contributed by atoms with Crippen molar-refractivity contribution in [1.82, 2.24) is 0 Å². The van der Waals surface area contributed by atoms with Crippen LogP contribution in [0.3, 0.4) is 0 Å². The van der Waals surface area contributed by atoms with Gasteiger partial charge in [0, 0.05) is 5.41 Å². The minimum absolute atomic E-state index is 0.0926. The summed E-state index contributed by atoms with van der Waals surface area (Å²) in [4.78, 5) is 11.9. The summed E-state index contributed by atoms with van der Waals surface area (Å²) in [5, 5.41) is 10.7. The normalized spacial score (nSPS) is 12.2. The molecule has 0 heterocycles. The monoisotopic (exact) mass is 498 g/mol. The van der Waals surface area contributed by atoms with Crippen LogP contribution >= 0.6 is 0 Å². The Kier molecular flexibility index (Phi) is 9.50. The number of hydrogen-bond donors (Lipinski definition) is 1. The highest BCUT2D eigenvalue weighted by molar-refractivity contribution is 5.78. The first-order valence-electron chi connectivity index (χ1n) is 13.5. The minimum Gasteiger partial charge on any atom is -0.469 e. The van der Waals surface area contributed by atoms with Gasteiger partial charge in [-0.05, 0) is 71.6 Å². The molecular weight excluding hydrogens is 456 g/mol. The van der Waals surface area contributed by atoms with Crippen LogP contribution < -0.4 is 0 Å². The van der Waals surface area contributed by atoms with E-state index in [4.69, 9.17) is 4.74 Å². The molecule has 1 N–H and O–H groups in total. The number of rotatable bonds is 11. The van der Waals surface area contributed by atoms with E-state index < -0.39 is 5.60 Å². The van der Waals surface area contributed by atoms with Crippen LogP contribution in [-0.4, -0.2) is 23.8 Å². The number of aryl methyl sites for hydroxylation is 1. The quantitative estimate of drug-likeness (QED) is 0.272. The lowest BCUT2D eigenvalue weighted by molar-refractivity contribution is -0.139. The topological polar surface area (TPSA) is 46.5 Å². The highest BCUT2D eigenvalue weighted by atomic mass is 16.5. The summed E-state index contributed by atoms with van der Waals surface area (Å²) in [7, 11) is 1.43. The minimum atomic E-state index is -0.751. The zero-order valence-corrected chi connectivity index (χ0v) is 23.3. The fourth-order valence-electron chi connectivity index (χ4n) is 5.28. The van der Waals surface area contributed by atoms with Gasteiger partial charge in [0.15, 0.2) is 0 Å². The number of carbonyl (C=O) groups excluding carboxylic acids is 1. The van der Waals surface area contributed by atoms with E-state index in [1.807, 2.05) is 38.1 Å². The number of hydrogen-bond acceptors (Lipinski definition) is 3. The Bertz CT molecular complexity index is 1210. The molecule has 0 spiro atoms. The van der Waals surface area contributed by atoms with E-state index in [1.165, 1.54) is 23.8 Å². The predicted molar refractivity (Wildman–Crippen MR) is 155 cm³/mol. The van der Waals surface area contributed by atoms with E-state index in [-0.39, 0.29) is 17.8 Å². The Labute approximate surface area is 223 Å². The van der Waals surface area contributed by atoms with Gasteiger partial charge < -0.3 is 9.84 Å².